The Bertz CT molecular complexity index is 832. The van der Waals surface area contributed by atoms with Gasteiger partial charge in [-0.2, -0.15) is 5.26 Å². The summed E-state index contributed by atoms with van der Waals surface area (Å²) in [6.07, 6.45) is 5.09. The average Bonchev–Trinajstić information content (AvgIpc) is 3.07. The van der Waals surface area contributed by atoms with E-state index in [1.54, 1.807) is 12.1 Å². The van der Waals surface area contributed by atoms with E-state index in [-0.39, 0.29) is 11.2 Å². The Hall–Kier alpha value is -2.10. The lowest BCUT2D eigenvalue weighted by molar-refractivity contribution is -0.115. The van der Waals surface area contributed by atoms with Crippen molar-refractivity contribution in [3.05, 3.63) is 46.2 Å². The lowest BCUT2D eigenvalue weighted by Gasteiger charge is -2.15. The molecule has 2 aromatic heterocycles. The van der Waals surface area contributed by atoms with Crippen molar-refractivity contribution in [3.63, 3.8) is 0 Å². The van der Waals surface area contributed by atoms with Gasteiger partial charge in [0.1, 0.15) is 16.9 Å². The van der Waals surface area contributed by atoms with Crippen LogP contribution < -0.4 is 5.32 Å². The molecular weight excluding hydrogens is 356 g/mol. The van der Waals surface area contributed by atoms with Gasteiger partial charge in [0, 0.05) is 11.9 Å². The molecule has 2 aromatic rings. The third kappa shape index (κ3) is 4.12. The lowest BCUT2D eigenvalue weighted by atomic mass is 10.2. The first kappa shape index (κ1) is 17.7. The standard InChI is InChI=1S/C18H17ClN4OS/c1-2-15(17(24)23-16-7-6-13(19)10-21-16)25-18-12(9-20)8-11-4-3-5-14(11)22-18/h6-8,10,15H,2-5H2,1H3,(H,21,23,24). The van der Waals surface area contributed by atoms with Crippen molar-refractivity contribution in [1.29, 1.82) is 5.26 Å². The van der Waals surface area contributed by atoms with Gasteiger partial charge in [0.05, 0.1) is 15.8 Å². The summed E-state index contributed by atoms with van der Waals surface area (Å²) >= 11 is 7.14. The molecule has 1 N–H and O–H groups in total. The van der Waals surface area contributed by atoms with Crippen molar-refractivity contribution in [3.8, 4) is 6.07 Å². The van der Waals surface area contributed by atoms with Gasteiger partial charge < -0.3 is 5.32 Å². The summed E-state index contributed by atoms with van der Waals surface area (Å²) in [5.74, 6) is 0.296. The number of nitriles is 1. The van der Waals surface area contributed by atoms with E-state index in [1.807, 2.05) is 13.0 Å². The first-order valence-electron chi connectivity index (χ1n) is 8.12. The smallest absolute Gasteiger partial charge is 0.239 e. The maximum atomic E-state index is 12.6. The maximum absolute atomic E-state index is 12.6. The fourth-order valence-electron chi connectivity index (χ4n) is 2.74. The van der Waals surface area contributed by atoms with Crippen molar-refractivity contribution in [2.75, 3.05) is 5.32 Å². The molecule has 0 fully saturated rings. The Balaban J connectivity index is 1.77. The van der Waals surface area contributed by atoms with Crippen LogP contribution in [0.1, 0.15) is 36.6 Å². The average molecular weight is 373 g/mol. The number of rotatable bonds is 5. The maximum Gasteiger partial charge on any atom is 0.239 e. The lowest BCUT2D eigenvalue weighted by Crippen LogP contribution is -2.25. The minimum absolute atomic E-state index is 0.159. The zero-order chi connectivity index (χ0) is 17.8. The topological polar surface area (TPSA) is 78.7 Å². The van der Waals surface area contributed by atoms with Gasteiger partial charge in [-0.05, 0) is 49.4 Å². The fourth-order valence-corrected chi connectivity index (χ4v) is 3.84. The van der Waals surface area contributed by atoms with Crippen molar-refractivity contribution in [2.45, 2.75) is 42.9 Å². The second kappa shape index (κ2) is 7.85. The molecule has 1 amide bonds. The summed E-state index contributed by atoms with van der Waals surface area (Å²) in [5.41, 5.74) is 2.75. The highest BCUT2D eigenvalue weighted by Gasteiger charge is 2.23. The summed E-state index contributed by atoms with van der Waals surface area (Å²) in [7, 11) is 0. The molecule has 2 heterocycles. The molecule has 0 spiro atoms. The van der Waals surface area contributed by atoms with Gasteiger partial charge >= 0.3 is 0 Å². The molecule has 1 atom stereocenters. The predicted molar refractivity (Wildman–Crippen MR) is 98.8 cm³/mol. The number of nitrogens with one attached hydrogen (secondary N) is 1. The molecule has 0 saturated heterocycles. The first-order valence-corrected chi connectivity index (χ1v) is 9.38. The number of nitrogens with zero attached hydrogens (tertiary/aromatic N) is 3. The van der Waals surface area contributed by atoms with Crippen LogP contribution in [0, 0.1) is 11.3 Å². The van der Waals surface area contributed by atoms with E-state index < -0.39 is 0 Å². The highest BCUT2D eigenvalue weighted by molar-refractivity contribution is 8.00. The van der Waals surface area contributed by atoms with E-state index in [0.29, 0.717) is 27.9 Å². The molecule has 1 aliphatic rings. The van der Waals surface area contributed by atoms with Crippen LogP contribution in [-0.2, 0) is 17.6 Å². The van der Waals surface area contributed by atoms with Crippen LogP contribution in [0.4, 0.5) is 5.82 Å². The van der Waals surface area contributed by atoms with Crippen LogP contribution in [0.5, 0.6) is 0 Å². The van der Waals surface area contributed by atoms with Crippen molar-refractivity contribution in [2.24, 2.45) is 0 Å². The van der Waals surface area contributed by atoms with Crippen LogP contribution in [0.25, 0.3) is 0 Å². The summed E-state index contributed by atoms with van der Waals surface area (Å²) < 4.78 is 0. The second-order valence-corrected chi connectivity index (χ2v) is 7.41. The summed E-state index contributed by atoms with van der Waals surface area (Å²) in [4.78, 5) is 21.3. The van der Waals surface area contributed by atoms with E-state index in [1.165, 1.54) is 18.0 Å². The van der Waals surface area contributed by atoms with Gasteiger partial charge in [-0.25, -0.2) is 9.97 Å². The minimum atomic E-state index is -0.350. The minimum Gasteiger partial charge on any atom is -0.310 e. The third-order valence-electron chi connectivity index (χ3n) is 4.03. The van der Waals surface area contributed by atoms with Crippen LogP contribution in [-0.4, -0.2) is 21.1 Å². The Kier molecular flexibility index (Phi) is 5.57. The molecule has 0 aliphatic heterocycles. The highest BCUT2D eigenvalue weighted by Crippen LogP contribution is 2.31. The van der Waals surface area contributed by atoms with Crippen molar-refractivity contribution >= 4 is 35.1 Å². The molecule has 1 unspecified atom stereocenters. The molecular formula is C18H17ClN4OS. The largest absolute Gasteiger partial charge is 0.310 e. The first-order chi connectivity index (χ1) is 12.1. The van der Waals surface area contributed by atoms with Gasteiger partial charge in [0.2, 0.25) is 5.91 Å². The number of carbonyl (C=O) groups is 1. The van der Waals surface area contributed by atoms with Crippen molar-refractivity contribution < 1.29 is 4.79 Å². The molecule has 7 heteroatoms. The number of pyridine rings is 2. The number of hydrogen-bond acceptors (Lipinski definition) is 5. The van der Waals surface area contributed by atoms with Crippen LogP contribution >= 0.6 is 23.4 Å². The number of aromatic nitrogens is 2. The molecule has 1 aliphatic carbocycles. The van der Waals surface area contributed by atoms with Crippen LogP contribution in [0.2, 0.25) is 5.02 Å². The number of carbonyl (C=O) groups excluding carboxylic acids is 1. The third-order valence-corrected chi connectivity index (χ3v) is 5.62. The van der Waals surface area contributed by atoms with E-state index in [0.717, 1.165) is 30.5 Å². The summed E-state index contributed by atoms with van der Waals surface area (Å²) in [6.45, 7) is 1.94. The monoisotopic (exact) mass is 372 g/mol. The fraction of sp³-hybridized carbons (Fsp3) is 0.333. The van der Waals surface area contributed by atoms with E-state index in [4.69, 9.17) is 11.6 Å². The number of hydrogen-bond donors (Lipinski definition) is 1. The number of amides is 1. The number of thioether (sulfide) groups is 1. The molecule has 0 aromatic carbocycles. The second-order valence-electron chi connectivity index (χ2n) is 5.78. The summed E-state index contributed by atoms with van der Waals surface area (Å²) in [6, 6.07) is 7.46. The molecule has 25 heavy (non-hydrogen) atoms. The molecule has 5 nitrogen and oxygen atoms in total. The number of halogens is 1. The van der Waals surface area contributed by atoms with E-state index in [9.17, 15) is 10.1 Å². The highest BCUT2D eigenvalue weighted by atomic mass is 35.5. The quantitative estimate of drug-likeness (QED) is 0.802. The van der Waals surface area contributed by atoms with Gasteiger partial charge in [-0.3, -0.25) is 4.79 Å². The molecule has 3 rings (SSSR count). The predicted octanol–water partition coefficient (Wildman–Crippen LogP) is 4.00. The van der Waals surface area contributed by atoms with Gasteiger partial charge in [0.25, 0.3) is 0 Å². The van der Waals surface area contributed by atoms with E-state index >= 15 is 0 Å². The number of aryl methyl sites for hydroxylation is 2. The zero-order valence-corrected chi connectivity index (χ0v) is 15.3. The van der Waals surface area contributed by atoms with Crippen LogP contribution in [0.3, 0.4) is 0 Å². The Labute approximate surface area is 155 Å². The van der Waals surface area contributed by atoms with Crippen LogP contribution in [0.15, 0.2) is 29.4 Å². The Morgan fingerprint density at radius 2 is 2.32 bits per heavy atom. The molecule has 0 saturated carbocycles. The van der Waals surface area contributed by atoms with Gasteiger partial charge in [0.15, 0.2) is 0 Å². The number of fused-ring (bicyclic) bond motifs is 1. The molecule has 0 radical (unpaired) electrons. The molecule has 128 valence electrons. The zero-order valence-electron chi connectivity index (χ0n) is 13.8. The van der Waals surface area contributed by atoms with Crippen molar-refractivity contribution in [1.82, 2.24) is 9.97 Å². The Morgan fingerprint density at radius 1 is 1.48 bits per heavy atom. The number of anilines is 1. The van der Waals surface area contributed by atoms with Gasteiger partial charge in [-0.15, -0.1) is 0 Å². The molecule has 0 bridgehead atoms. The van der Waals surface area contributed by atoms with Gasteiger partial charge in [-0.1, -0.05) is 30.3 Å². The summed E-state index contributed by atoms with van der Waals surface area (Å²) in [5, 5.41) is 13.0. The normalized spacial score (nSPS) is 13.8. The Morgan fingerprint density at radius 3 is 3.00 bits per heavy atom. The SMILES string of the molecule is CCC(Sc1nc2c(cc1C#N)CCC2)C(=O)Nc1ccc(Cl)cn1. The van der Waals surface area contributed by atoms with E-state index in [2.05, 4.69) is 21.4 Å².